The Hall–Kier alpha value is -7.68. The molecular weight excluding hydrogens is 749 g/mol. The van der Waals surface area contributed by atoms with Gasteiger partial charge in [-0.2, -0.15) is 0 Å². The van der Waals surface area contributed by atoms with Crippen molar-refractivity contribution >= 4 is 46.3 Å². The first-order chi connectivity index (χ1) is 30.5. The van der Waals surface area contributed by atoms with Gasteiger partial charge in [-0.3, -0.25) is 0 Å². The Morgan fingerprint density at radius 2 is 0.919 bits per heavy atom. The van der Waals surface area contributed by atoms with Gasteiger partial charge in [-0.1, -0.05) is 202 Å². The molecule has 2 aliphatic rings. The summed E-state index contributed by atoms with van der Waals surface area (Å²) in [4.78, 5) is 4.82. The summed E-state index contributed by atoms with van der Waals surface area (Å²) in [6, 6.07) is 84.1. The van der Waals surface area contributed by atoms with E-state index in [0.717, 1.165) is 28.3 Å². The number of fused-ring (bicyclic) bond motifs is 5. The van der Waals surface area contributed by atoms with E-state index in [9.17, 15) is 0 Å². The molecule has 0 saturated carbocycles. The number of nitrogens with zero attached hydrogens (tertiary/aromatic N) is 2. The molecule has 296 valence electrons. The molecule has 1 heterocycles. The normalized spacial score (nSPS) is 14.1. The Morgan fingerprint density at radius 1 is 0.403 bits per heavy atom. The van der Waals surface area contributed by atoms with E-state index in [-0.39, 0.29) is 5.41 Å². The molecular formula is C60H46N2. The quantitative estimate of drug-likeness (QED) is 0.141. The standard InChI is InChI=1S/C60H46N2/c1-59(2)53-39-36-43(35-37-44-21-20-34-55-58(44)51-32-18-19-33-52(51)60(55,45-22-8-3-9-23-45)46-24-10-4-11-25-46)41-56(53)62(49-30-16-7-17-31-49)57-42-50(38-40-54(57)59)61(47-26-12-5-13-27-47)48-28-14-6-15-29-48/h3-42H,1-2H3/b37-35+. The van der Waals surface area contributed by atoms with E-state index < -0.39 is 5.41 Å². The van der Waals surface area contributed by atoms with Crippen molar-refractivity contribution in [1.82, 2.24) is 0 Å². The van der Waals surface area contributed by atoms with E-state index in [0.29, 0.717) is 0 Å². The number of anilines is 6. The number of benzene rings is 9. The van der Waals surface area contributed by atoms with Crippen molar-refractivity contribution in [3.05, 3.63) is 275 Å². The SMILES string of the molecule is CC1(C)c2ccc(/C=C/c3cccc4c3-c3ccccc3C4(c3ccccc3)c3ccccc3)cc2N(c2ccccc2)c2cc(N(c3ccccc3)c3ccccc3)ccc21. The lowest BCUT2D eigenvalue weighted by molar-refractivity contribution is 0.632. The maximum absolute atomic E-state index is 2.47. The lowest BCUT2D eigenvalue weighted by Crippen LogP contribution is -2.31. The molecule has 0 atom stereocenters. The highest BCUT2D eigenvalue weighted by molar-refractivity contribution is 5.94. The summed E-state index contributed by atoms with van der Waals surface area (Å²) in [6.45, 7) is 4.73. The smallest absolute Gasteiger partial charge is 0.0713 e. The minimum atomic E-state index is -0.436. The Balaban J connectivity index is 1.06. The van der Waals surface area contributed by atoms with Crippen molar-refractivity contribution in [3.8, 4) is 11.1 Å². The maximum Gasteiger partial charge on any atom is 0.0713 e. The van der Waals surface area contributed by atoms with Crippen molar-refractivity contribution in [2.75, 3.05) is 9.80 Å². The van der Waals surface area contributed by atoms with Crippen molar-refractivity contribution in [2.45, 2.75) is 24.7 Å². The van der Waals surface area contributed by atoms with Crippen molar-refractivity contribution < 1.29 is 0 Å². The zero-order valence-electron chi connectivity index (χ0n) is 35.0. The van der Waals surface area contributed by atoms with Gasteiger partial charge in [-0.15, -0.1) is 0 Å². The second-order valence-corrected chi connectivity index (χ2v) is 16.9. The van der Waals surface area contributed by atoms with Crippen LogP contribution in [0, 0.1) is 0 Å². The molecule has 0 unspecified atom stereocenters. The summed E-state index contributed by atoms with van der Waals surface area (Å²) in [5, 5.41) is 0. The first kappa shape index (κ1) is 37.3. The van der Waals surface area contributed by atoms with Crippen LogP contribution in [0.2, 0.25) is 0 Å². The zero-order valence-corrected chi connectivity index (χ0v) is 35.0. The van der Waals surface area contributed by atoms with E-state index in [1.807, 2.05) is 0 Å². The highest BCUT2D eigenvalue weighted by Crippen LogP contribution is 2.58. The van der Waals surface area contributed by atoms with Crippen LogP contribution < -0.4 is 9.80 Å². The molecule has 0 N–H and O–H groups in total. The summed E-state index contributed by atoms with van der Waals surface area (Å²) in [5.74, 6) is 0. The monoisotopic (exact) mass is 794 g/mol. The third-order valence-electron chi connectivity index (χ3n) is 13.1. The van der Waals surface area contributed by atoms with Crippen LogP contribution in [0.4, 0.5) is 34.1 Å². The molecule has 62 heavy (non-hydrogen) atoms. The average Bonchev–Trinajstić information content (AvgIpc) is 3.64. The Bertz CT molecular complexity index is 3000. The third kappa shape index (κ3) is 5.94. The molecule has 11 rings (SSSR count). The van der Waals surface area contributed by atoms with Gasteiger partial charge in [0.2, 0.25) is 0 Å². The molecule has 0 amide bonds. The first-order valence-electron chi connectivity index (χ1n) is 21.6. The van der Waals surface area contributed by atoms with E-state index in [4.69, 9.17) is 0 Å². The van der Waals surface area contributed by atoms with E-state index in [2.05, 4.69) is 266 Å². The van der Waals surface area contributed by atoms with Crippen molar-refractivity contribution in [1.29, 1.82) is 0 Å². The van der Waals surface area contributed by atoms with Crippen molar-refractivity contribution in [3.63, 3.8) is 0 Å². The Kier molecular flexibility index (Phi) is 9.09. The largest absolute Gasteiger partial charge is 0.310 e. The number of rotatable bonds is 8. The van der Waals surface area contributed by atoms with Gasteiger partial charge in [-0.25, -0.2) is 0 Å². The van der Waals surface area contributed by atoms with Gasteiger partial charge in [0.05, 0.1) is 16.8 Å². The summed E-state index contributed by atoms with van der Waals surface area (Å²) in [7, 11) is 0. The molecule has 2 nitrogen and oxygen atoms in total. The molecule has 0 bridgehead atoms. The molecule has 1 aliphatic carbocycles. The third-order valence-corrected chi connectivity index (χ3v) is 13.1. The fraction of sp³-hybridized carbons (Fsp3) is 0.0667. The summed E-state index contributed by atoms with van der Waals surface area (Å²) in [6.07, 6.45) is 4.63. The van der Waals surface area contributed by atoms with Crippen LogP contribution >= 0.6 is 0 Å². The van der Waals surface area contributed by atoms with Crippen LogP contribution in [-0.2, 0) is 10.8 Å². The lowest BCUT2D eigenvalue weighted by Gasteiger charge is -2.43. The maximum atomic E-state index is 2.47. The molecule has 0 aromatic heterocycles. The highest BCUT2D eigenvalue weighted by Gasteiger charge is 2.46. The topological polar surface area (TPSA) is 6.48 Å². The fourth-order valence-electron chi connectivity index (χ4n) is 10.3. The van der Waals surface area contributed by atoms with E-state index in [1.165, 1.54) is 61.4 Å². The van der Waals surface area contributed by atoms with Crippen LogP contribution in [0.5, 0.6) is 0 Å². The minimum absolute atomic E-state index is 0.247. The summed E-state index contributed by atoms with van der Waals surface area (Å²) < 4.78 is 0. The molecule has 0 saturated heterocycles. The number of hydrogen-bond donors (Lipinski definition) is 0. The van der Waals surface area contributed by atoms with Gasteiger partial charge >= 0.3 is 0 Å². The Morgan fingerprint density at radius 3 is 1.55 bits per heavy atom. The second-order valence-electron chi connectivity index (χ2n) is 16.9. The van der Waals surface area contributed by atoms with Gasteiger partial charge in [0.1, 0.15) is 0 Å². The highest BCUT2D eigenvalue weighted by atomic mass is 15.2. The molecule has 2 heteroatoms. The van der Waals surface area contributed by atoms with E-state index in [1.54, 1.807) is 0 Å². The van der Waals surface area contributed by atoms with Crippen LogP contribution in [0.15, 0.2) is 231 Å². The van der Waals surface area contributed by atoms with Gasteiger partial charge < -0.3 is 9.80 Å². The van der Waals surface area contributed by atoms with Gasteiger partial charge in [-0.05, 0) is 110 Å². The molecule has 0 spiro atoms. The van der Waals surface area contributed by atoms with Gasteiger partial charge in [0.25, 0.3) is 0 Å². The zero-order chi connectivity index (χ0) is 41.7. The van der Waals surface area contributed by atoms with E-state index >= 15 is 0 Å². The Labute approximate surface area is 365 Å². The van der Waals surface area contributed by atoms with Crippen LogP contribution in [0.25, 0.3) is 23.3 Å². The lowest BCUT2D eigenvalue weighted by atomic mass is 9.67. The predicted octanol–water partition coefficient (Wildman–Crippen LogP) is 15.8. The predicted molar refractivity (Wildman–Crippen MR) is 261 cm³/mol. The molecule has 9 aromatic rings. The molecule has 1 aliphatic heterocycles. The fourth-order valence-corrected chi connectivity index (χ4v) is 10.3. The molecule has 0 radical (unpaired) electrons. The first-order valence-corrected chi connectivity index (χ1v) is 21.6. The number of hydrogen-bond acceptors (Lipinski definition) is 2. The molecule has 9 aromatic carbocycles. The van der Waals surface area contributed by atoms with Gasteiger partial charge in [0.15, 0.2) is 0 Å². The minimum Gasteiger partial charge on any atom is -0.310 e. The summed E-state index contributed by atoms with van der Waals surface area (Å²) in [5.41, 5.74) is 18.9. The van der Waals surface area contributed by atoms with Crippen LogP contribution in [0.1, 0.15) is 58.4 Å². The summed E-state index contributed by atoms with van der Waals surface area (Å²) >= 11 is 0. The van der Waals surface area contributed by atoms with Crippen LogP contribution in [-0.4, -0.2) is 0 Å². The number of para-hydroxylation sites is 3. The second kappa shape index (κ2) is 15.1. The van der Waals surface area contributed by atoms with Gasteiger partial charge in [0, 0.05) is 28.2 Å². The van der Waals surface area contributed by atoms with Crippen LogP contribution in [0.3, 0.4) is 0 Å². The van der Waals surface area contributed by atoms with Crippen molar-refractivity contribution in [2.24, 2.45) is 0 Å². The molecule has 0 fully saturated rings. The average molecular weight is 795 g/mol.